The molecule has 3 N–H and O–H groups in total. The summed E-state index contributed by atoms with van der Waals surface area (Å²) in [5.74, 6) is -0.0155. The van der Waals surface area contributed by atoms with Crippen molar-refractivity contribution in [2.75, 3.05) is 13.2 Å². The number of carboxylic acid groups (broad SMARTS) is 1. The van der Waals surface area contributed by atoms with Gasteiger partial charge in [0.2, 0.25) is 5.76 Å². The molecule has 0 saturated heterocycles. The molecular weight excluding hydrogens is 234 g/mol. The van der Waals surface area contributed by atoms with E-state index in [1.807, 2.05) is 0 Å². The van der Waals surface area contributed by atoms with Gasteiger partial charge in [0, 0.05) is 6.61 Å². The summed E-state index contributed by atoms with van der Waals surface area (Å²) in [4.78, 5) is 10.6. The lowest BCUT2D eigenvalue weighted by atomic mass is 10.0. The van der Waals surface area contributed by atoms with Crippen molar-refractivity contribution in [2.45, 2.75) is 32.7 Å². The average molecular weight is 255 g/mol. The first-order chi connectivity index (χ1) is 8.67. The third-order valence-corrected chi connectivity index (χ3v) is 2.84. The van der Waals surface area contributed by atoms with Gasteiger partial charge in [0.25, 0.3) is 0 Å². The summed E-state index contributed by atoms with van der Waals surface area (Å²) in [5, 5.41) is 20.9. The number of aliphatic hydroxyl groups excluding tert-OH is 1. The Kier molecular flexibility index (Phi) is 6.46. The highest BCUT2D eigenvalue weighted by Gasteiger charge is 2.10. The number of aromatic carboxylic acids is 1. The topological polar surface area (TPSA) is 82.7 Å². The molecule has 0 aliphatic carbocycles. The molecule has 0 radical (unpaired) electrons. The van der Waals surface area contributed by atoms with Crippen LogP contribution in [0.2, 0.25) is 0 Å². The van der Waals surface area contributed by atoms with Gasteiger partial charge in [-0.05, 0) is 37.4 Å². The maximum Gasteiger partial charge on any atom is 0.371 e. The van der Waals surface area contributed by atoms with Crippen LogP contribution >= 0.6 is 0 Å². The first-order valence-electron chi connectivity index (χ1n) is 6.31. The van der Waals surface area contributed by atoms with Crippen LogP contribution in [0.5, 0.6) is 0 Å². The van der Waals surface area contributed by atoms with Gasteiger partial charge in [0.05, 0.1) is 6.54 Å². The Bertz CT molecular complexity index is 356. The molecule has 1 aromatic heterocycles. The van der Waals surface area contributed by atoms with Gasteiger partial charge in [0.1, 0.15) is 5.76 Å². The number of rotatable bonds is 9. The van der Waals surface area contributed by atoms with E-state index in [2.05, 4.69) is 12.2 Å². The molecule has 102 valence electrons. The van der Waals surface area contributed by atoms with Crippen LogP contribution in [-0.4, -0.2) is 29.3 Å². The summed E-state index contributed by atoms with van der Waals surface area (Å²) >= 11 is 0. The summed E-state index contributed by atoms with van der Waals surface area (Å²) in [6, 6.07) is 3.12. The summed E-state index contributed by atoms with van der Waals surface area (Å²) in [6.07, 6.45) is 2.96. The van der Waals surface area contributed by atoms with Gasteiger partial charge in [0.15, 0.2) is 0 Å². The highest BCUT2D eigenvalue weighted by molar-refractivity contribution is 5.84. The average Bonchev–Trinajstić information content (AvgIpc) is 2.78. The number of hydrogen-bond acceptors (Lipinski definition) is 4. The van der Waals surface area contributed by atoms with Crippen molar-refractivity contribution in [1.29, 1.82) is 0 Å². The van der Waals surface area contributed by atoms with Crippen LogP contribution in [0.1, 0.15) is 42.5 Å². The Morgan fingerprint density at radius 3 is 2.78 bits per heavy atom. The van der Waals surface area contributed by atoms with Crippen molar-refractivity contribution in [3.63, 3.8) is 0 Å². The molecule has 5 heteroatoms. The number of aliphatic hydroxyl groups is 1. The lowest BCUT2D eigenvalue weighted by molar-refractivity contribution is 0.0660. The Balaban J connectivity index is 2.32. The van der Waals surface area contributed by atoms with E-state index in [1.54, 1.807) is 6.07 Å². The van der Waals surface area contributed by atoms with E-state index in [9.17, 15) is 4.79 Å². The first-order valence-corrected chi connectivity index (χ1v) is 6.31. The molecule has 5 nitrogen and oxygen atoms in total. The SMILES string of the molecule is CCCC(CCO)CNCc1ccc(C(=O)O)o1. The van der Waals surface area contributed by atoms with E-state index >= 15 is 0 Å². The summed E-state index contributed by atoms with van der Waals surface area (Å²) < 4.78 is 5.14. The molecule has 1 heterocycles. The molecule has 18 heavy (non-hydrogen) atoms. The van der Waals surface area contributed by atoms with E-state index in [0.29, 0.717) is 18.2 Å². The van der Waals surface area contributed by atoms with E-state index in [-0.39, 0.29) is 12.4 Å². The second-order valence-corrected chi connectivity index (χ2v) is 4.37. The van der Waals surface area contributed by atoms with Crippen molar-refractivity contribution in [3.05, 3.63) is 23.7 Å². The molecule has 0 aliphatic rings. The molecule has 0 aliphatic heterocycles. The minimum atomic E-state index is -1.05. The van der Waals surface area contributed by atoms with Crippen LogP contribution < -0.4 is 5.32 Å². The zero-order chi connectivity index (χ0) is 13.4. The van der Waals surface area contributed by atoms with Gasteiger partial charge in [-0.1, -0.05) is 13.3 Å². The number of hydrogen-bond donors (Lipinski definition) is 3. The number of nitrogens with one attached hydrogen (secondary N) is 1. The largest absolute Gasteiger partial charge is 0.475 e. The van der Waals surface area contributed by atoms with Gasteiger partial charge < -0.3 is 19.9 Å². The summed E-state index contributed by atoms with van der Waals surface area (Å²) in [5.41, 5.74) is 0. The van der Waals surface area contributed by atoms with Crippen LogP contribution in [-0.2, 0) is 6.54 Å². The van der Waals surface area contributed by atoms with E-state index in [4.69, 9.17) is 14.6 Å². The van der Waals surface area contributed by atoms with Crippen molar-refractivity contribution in [1.82, 2.24) is 5.32 Å². The second-order valence-electron chi connectivity index (χ2n) is 4.37. The Hall–Kier alpha value is -1.33. The standard InChI is InChI=1S/C13H21NO4/c1-2-3-10(6-7-15)8-14-9-11-4-5-12(18-11)13(16)17/h4-5,10,14-15H,2-3,6-9H2,1H3,(H,16,17). The summed E-state index contributed by atoms with van der Waals surface area (Å²) in [6.45, 7) is 3.64. The molecule has 1 aromatic rings. The Labute approximate surface area is 107 Å². The number of furan rings is 1. The molecule has 0 amide bonds. The first kappa shape index (κ1) is 14.7. The van der Waals surface area contributed by atoms with Gasteiger partial charge in [-0.2, -0.15) is 0 Å². The maximum absolute atomic E-state index is 10.6. The molecule has 0 bridgehead atoms. The van der Waals surface area contributed by atoms with Crippen molar-refractivity contribution in [3.8, 4) is 0 Å². The molecular formula is C13H21NO4. The van der Waals surface area contributed by atoms with E-state index < -0.39 is 5.97 Å². The fourth-order valence-electron chi connectivity index (χ4n) is 1.93. The van der Waals surface area contributed by atoms with Gasteiger partial charge >= 0.3 is 5.97 Å². The number of carbonyl (C=O) groups is 1. The monoisotopic (exact) mass is 255 g/mol. The Morgan fingerprint density at radius 1 is 1.44 bits per heavy atom. The quantitative estimate of drug-likeness (QED) is 0.627. The van der Waals surface area contributed by atoms with Crippen molar-refractivity contribution >= 4 is 5.97 Å². The van der Waals surface area contributed by atoms with Crippen molar-refractivity contribution < 1.29 is 19.4 Å². The van der Waals surface area contributed by atoms with Crippen molar-refractivity contribution in [2.24, 2.45) is 5.92 Å². The molecule has 0 saturated carbocycles. The second kappa shape index (κ2) is 7.89. The summed E-state index contributed by atoms with van der Waals surface area (Å²) in [7, 11) is 0. The van der Waals surface area contributed by atoms with Crippen LogP contribution in [0.4, 0.5) is 0 Å². The molecule has 1 rings (SSSR count). The van der Waals surface area contributed by atoms with Crippen LogP contribution in [0.25, 0.3) is 0 Å². The zero-order valence-corrected chi connectivity index (χ0v) is 10.7. The zero-order valence-electron chi connectivity index (χ0n) is 10.7. The van der Waals surface area contributed by atoms with Gasteiger partial charge in [-0.3, -0.25) is 0 Å². The third-order valence-electron chi connectivity index (χ3n) is 2.84. The molecule has 0 fully saturated rings. The molecule has 0 spiro atoms. The molecule has 1 unspecified atom stereocenters. The molecule has 1 atom stereocenters. The third kappa shape index (κ3) is 4.89. The minimum absolute atomic E-state index is 0.0349. The fourth-order valence-corrected chi connectivity index (χ4v) is 1.93. The lowest BCUT2D eigenvalue weighted by Gasteiger charge is -2.14. The highest BCUT2D eigenvalue weighted by Crippen LogP contribution is 2.11. The van der Waals surface area contributed by atoms with Gasteiger partial charge in [-0.25, -0.2) is 4.79 Å². The van der Waals surface area contributed by atoms with E-state index in [1.165, 1.54) is 6.07 Å². The predicted octanol–water partition coefficient (Wildman–Crippen LogP) is 1.87. The van der Waals surface area contributed by atoms with E-state index in [0.717, 1.165) is 25.8 Å². The number of carboxylic acids is 1. The fraction of sp³-hybridized carbons (Fsp3) is 0.615. The normalized spacial score (nSPS) is 12.6. The highest BCUT2D eigenvalue weighted by atomic mass is 16.4. The Morgan fingerprint density at radius 2 is 2.22 bits per heavy atom. The van der Waals surface area contributed by atoms with Crippen LogP contribution in [0, 0.1) is 5.92 Å². The minimum Gasteiger partial charge on any atom is -0.475 e. The van der Waals surface area contributed by atoms with Gasteiger partial charge in [-0.15, -0.1) is 0 Å². The lowest BCUT2D eigenvalue weighted by Crippen LogP contribution is -2.23. The maximum atomic E-state index is 10.6. The van der Waals surface area contributed by atoms with Crippen LogP contribution in [0.15, 0.2) is 16.5 Å². The smallest absolute Gasteiger partial charge is 0.371 e. The molecule has 0 aromatic carbocycles. The predicted molar refractivity (Wildman–Crippen MR) is 67.5 cm³/mol. The van der Waals surface area contributed by atoms with Crippen LogP contribution in [0.3, 0.4) is 0 Å².